The summed E-state index contributed by atoms with van der Waals surface area (Å²) in [7, 11) is -2.52. The van der Waals surface area contributed by atoms with E-state index in [0.29, 0.717) is 17.5 Å². The zero-order valence-electron chi connectivity index (χ0n) is 14.0. The number of ether oxygens (including phenoxy) is 4. The maximum Gasteiger partial charge on any atom is 0.274 e. The van der Waals surface area contributed by atoms with Gasteiger partial charge >= 0.3 is 0 Å². The number of sulfonamides is 1. The highest BCUT2D eigenvalue weighted by atomic mass is 35.5. The third-order valence-electron chi connectivity index (χ3n) is 3.40. The summed E-state index contributed by atoms with van der Waals surface area (Å²) in [5.74, 6) is -0.479. The van der Waals surface area contributed by atoms with Crippen molar-refractivity contribution in [3.05, 3.63) is 17.7 Å². The fourth-order valence-corrected chi connectivity index (χ4v) is 4.29. The average molecular weight is 394 g/mol. The van der Waals surface area contributed by atoms with Gasteiger partial charge in [-0.05, 0) is 19.1 Å². The lowest BCUT2D eigenvalue weighted by Gasteiger charge is -2.13. The highest BCUT2D eigenvalue weighted by Crippen LogP contribution is 2.42. The Hall–Kier alpha value is -1.55. The second-order valence-electron chi connectivity index (χ2n) is 4.93. The second-order valence-corrected chi connectivity index (χ2v) is 6.97. The maximum atomic E-state index is 12.6. The Kier molecular flexibility index (Phi) is 6.88. The summed E-state index contributed by atoms with van der Waals surface area (Å²) in [5.41, 5.74) is -0.0553. The second kappa shape index (κ2) is 8.70. The molecule has 10 heteroatoms. The first-order valence-electron chi connectivity index (χ1n) is 7.61. The van der Waals surface area contributed by atoms with Gasteiger partial charge in [0.15, 0.2) is 0 Å². The van der Waals surface area contributed by atoms with Gasteiger partial charge in [0.1, 0.15) is 34.6 Å². The lowest BCUT2D eigenvalue weighted by Crippen LogP contribution is -2.28. The largest absolute Gasteiger partial charge is 0.493 e. The molecule has 0 unspecified atom stereocenters. The minimum Gasteiger partial charge on any atom is -0.493 e. The molecule has 0 saturated heterocycles. The molecule has 0 fully saturated rings. The summed E-state index contributed by atoms with van der Waals surface area (Å²) in [5, 5.41) is 0. The highest BCUT2D eigenvalue weighted by molar-refractivity contribution is 7.90. The van der Waals surface area contributed by atoms with Crippen LogP contribution < -0.4 is 9.47 Å². The van der Waals surface area contributed by atoms with Gasteiger partial charge in [-0.25, -0.2) is 12.7 Å². The molecule has 0 spiro atoms. The van der Waals surface area contributed by atoms with E-state index >= 15 is 0 Å². The molecule has 0 radical (unpaired) electrons. The van der Waals surface area contributed by atoms with E-state index in [2.05, 4.69) is 0 Å². The van der Waals surface area contributed by atoms with E-state index in [1.54, 1.807) is 14.0 Å². The van der Waals surface area contributed by atoms with Crippen LogP contribution in [0.15, 0.2) is 17.0 Å². The Labute approximate surface area is 151 Å². The molecule has 1 aliphatic rings. The zero-order valence-corrected chi connectivity index (χ0v) is 15.6. The van der Waals surface area contributed by atoms with Crippen LogP contribution in [0, 0.1) is 0 Å². The molecule has 1 heterocycles. The third kappa shape index (κ3) is 4.00. The number of hydrogen-bond donors (Lipinski definition) is 0. The summed E-state index contributed by atoms with van der Waals surface area (Å²) in [6.45, 7) is 3.24. The van der Waals surface area contributed by atoms with Gasteiger partial charge < -0.3 is 18.9 Å². The molecule has 1 aromatic carbocycles. The normalized spacial score (nSPS) is 15.3. The number of alkyl halides is 1. The molecule has 0 aliphatic carbocycles. The van der Waals surface area contributed by atoms with Crippen molar-refractivity contribution in [2.45, 2.75) is 11.8 Å². The molecule has 0 atom stereocenters. The first kappa shape index (κ1) is 19.8. The number of carbonyl (C=O) groups excluding carboxylic acids is 1. The van der Waals surface area contributed by atoms with Gasteiger partial charge in [-0.2, -0.15) is 0 Å². The Morgan fingerprint density at radius 1 is 1.08 bits per heavy atom. The van der Waals surface area contributed by atoms with Crippen molar-refractivity contribution in [1.82, 2.24) is 4.31 Å². The van der Waals surface area contributed by atoms with Crippen LogP contribution in [0.2, 0.25) is 0 Å². The van der Waals surface area contributed by atoms with Crippen LogP contribution >= 0.6 is 11.6 Å². The molecule has 0 N–H and O–H groups in total. The van der Waals surface area contributed by atoms with Crippen molar-refractivity contribution in [2.24, 2.45) is 0 Å². The van der Waals surface area contributed by atoms with Crippen LogP contribution in [0.1, 0.15) is 17.3 Å². The fourth-order valence-electron chi connectivity index (χ4n) is 2.31. The van der Waals surface area contributed by atoms with Crippen molar-refractivity contribution < 1.29 is 32.2 Å². The Morgan fingerprint density at radius 2 is 1.76 bits per heavy atom. The lowest BCUT2D eigenvalue weighted by atomic mass is 10.1. The number of halogens is 1. The van der Waals surface area contributed by atoms with E-state index in [0.717, 1.165) is 0 Å². The smallest absolute Gasteiger partial charge is 0.274 e. The van der Waals surface area contributed by atoms with Gasteiger partial charge in [-0.1, -0.05) is 0 Å². The molecule has 0 saturated carbocycles. The summed E-state index contributed by atoms with van der Waals surface area (Å²) in [6.07, 6.45) is 0. The van der Waals surface area contributed by atoms with E-state index in [1.807, 2.05) is 0 Å². The van der Waals surface area contributed by atoms with Crippen LogP contribution in [-0.2, 0) is 19.5 Å². The molecule has 8 nitrogen and oxygen atoms in total. The Bertz CT molecular complexity index is 723. The topological polar surface area (TPSA) is 91.4 Å². The standard InChI is InChI=1S/C15H20ClNO7S/c1-3-23-11-4-5-12(24-9-8-22-7-6-21-2)14-13(11)15(18)17(10-16)25(14,19)20/h4-5H,3,6-10H2,1-2H3. The molecule has 140 valence electrons. The van der Waals surface area contributed by atoms with E-state index < -0.39 is 21.9 Å². The molecule has 1 aliphatic heterocycles. The molecule has 25 heavy (non-hydrogen) atoms. The number of nitrogens with zero attached hydrogens (tertiary/aromatic N) is 1. The molecular formula is C15H20ClNO7S. The molecule has 1 amide bonds. The van der Waals surface area contributed by atoms with Gasteiger partial charge in [0.25, 0.3) is 15.9 Å². The van der Waals surface area contributed by atoms with Crippen molar-refractivity contribution in [1.29, 1.82) is 0 Å². The van der Waals surface area contributed by atoms with Gasteiger partial charge in [0.05, 0.1) is 26.4 Å². The zero-order chi connectivity index (χ0) is 18.4. The lowest BCUT2D eigenvalue weighted by molar-refractivity contribution is 0.0539. The van der Waals surface area contributed by atoms with Gasteiger partial charge in [-0.3, -0.25) is 4.79 Å². The number of carbonyl (C=O) groups is 1. The number of rotatable bonds is 10. The number of fused-ring (bicyclic) bond motifs is 1. The predicted molar refractivity (Wildman–Crippen MR) is 89.9 cm³/mol. The minimum absolute atomic E-state index is 0.0553. The third-order valence-corrected chi connectivity index (χ3v) is 5.57. The van der Waals surface area contributed by atoms with Crippen LogP contribution in [-0.4, -0.2) is 64.8 Å². The Morgan fingerprint density at radius 3 is 2.40 bits per heavy atom. The van der Waals surface area contributed by atoms with Crippen molar-refractivity contribution in [3.63, 3.8) is 0 Å². The molecule has 1 aromatic rings. The molecule has 2 rings (SSSR count). The number of benzene rings is 1. The van der Waals surface area contributed by atoms with Crippen LogP contribution in [0.5, 0.6) is 11.5 Å². The predicted octanol–water partition coefficient (Wildman–Crippen LogP) is 1.47. The SMILES string of the molecule is CCOc1ccc(OCCOCCOC)c2c1C(=O)N(CCl)S2(=O)=O. The van der Waals surface area contributed by atoms with Crippen LogP contribution in [0.4, 0.5) is 0 Å². The van der Waals surface area contributed by atoms with E-state index in [-0.39, 0.29) is 41.8 Å². The number of methoxy groups -OCH3 is 1. The van der Waals surface area contributed by atoms with Gasteiger partial charge in [-0.15, -0.1) is 11.6 Å². The van der Waals surface area contributed by atoms with E-state index in [4.69, 9.17) is 30.5 Å². The Balaban J connectivity index is 2.28. The minimum atomic E-state index is -4.08. The first-order chi connectivity index (χ1) is 12.0. The molecular weight excluding hydrogens is 374 g/mol. The number of amides is 1. The van der Waals surface area contributed by atoms with Gasteiger partial charge in [0.2, 0.25) is 0 Å². The number of hydrogen-bond acceptors (Lipinski definition) is 7. The fraction of sp³-hybridized carbons (Fsp3) is 0.533. The van der Waals surface area contributed by atoms with Gasteiger partial charge in [0, 0.05) is 7.11 Å². The average Bonchev–Trinajstić information content (AvgIpc) is 2.79. The quantitative estimate of drug-likeness (QED) is 0.337. The molecule has 0 bridgehead atoms. The van der Waals surface area contributed by atoms with E-state index in [1.165, 1.54) is 12.1 Å². The summed E-state index contributed by atoms with van der Waals surface area (Å²) in [6, 6.07) is 2.48. The van der Waals surface area contributed by atoms with Crippen LogP contribution in [0.25, 0.3) is 0 Å². The first-order valence-corrected chi connectivity index (χ1v) is 9.58. The summed E-state index contributed by atoms with van der Waals surface area (Å²) < 4.78 is 46.8. The summed E-state index contributed by atoms with van der Waals surface area (Å²) >= 11 is 5.65. The summed E-state index contributed by atoms with van der Waals surface area (Å²) in [4.78, 5) is 12.2. The van der Waals surface area contributed by atoms with Crippen molar-refractivity contribution in [2.75, 3.05) is 46.1 Å². The maximum absolute atomic E-state index is 12.6. The van der Waals surface area contributed by atoms with Crippen molar-refractivity contribution in [3.8, 4) is 11.5 Å². The highest BCUT2D eigenvalue weighted by Gasteiger charge is 2.45. The molecule has 0 aromatic heterocycles. The van der Waals surface area contributed by atoms with Crippen LogP contribution in [0.3, 0.4) is 0 Å². The monoisotopic (exact) mass is 393 g/mol. The van der Waals surface area contributed by atoms with E-state index in [9.17, 15) is 13.2 Å². The van der Waals surface area contributed by atoms with Crippen molar-refractivity contribution >= 4 is 27.5 Å².